The van der Waals surface area contributed by atoms with Crippen LogP contribution in [0.25, 0.3) is 0 Å². The van der Waals surface area contributed by atoms with Gasteiger partial charge < -0.3 is 9.47 Å². The molecule has 0 saturated carbocycles. The number of terminal acetylenes is 1. The topological polar surface area (TPSA) is 18.5 Å². The Balaban J connectivity index is 2.80. The number of rotatable bonds is 9. The molecule has 0 aliphatic carbocycles. The van der Waals surface area contributed by atoms with Gasteiger partial charge in [-0.25, -0.2) is 0 Å². The van der Waals surface area contributed by atoms with E-state index in [4.69, 9.17) is 15.9 Å². The van der Waals surface area contributed by atoms with E-state index in [9.17, 15) is 0 Å². The highest BCUT2D eigenvalue weighted by Gasteiger charge is 1.89. The van der Waals surface area contributed by atoms with Crippen LogP contribution in [-0.2, 0) is 9.47 Å². The average Bonchev–Trinajstić information content (AvgIpc) is 2.16. The molecule has 0 unspecified atom stereocenters. The highest BCUT2D eigenvalue weighted by molar-refractivity contribution is 4.82. The summed E-state index contributed by atoms with van der Waals surface area (Å²) in [5.74, 6) is 2.61. The van der Waals surface area contributed by atoms with Gasteiger partial charge in [0.2, 0.25) is 0 Å². The van der Waals surface area contributed by atoms with E-state index in [1.165, 1.54) is 0 Å². The van der Waals surface area contributed by atoms with Crippen LogP contribution in [0.3, 0.4) is 0 Å². The standard InChI is InChI=1S/C11H20O2/c1-3-5-6-7-9-13-11-10-12-8-4-2/h1H,4-11H2,2H3. The molecule has 0 aliphatic heterocycles. The summed E-state index contributed by atoms with van der Waals surface area (Å²) in [6, 6.07) is 0. The van der Waals surface area contributed by atoms with E-state index in [-0.39, 0.29) is 0 Å². The molecule has 76 valence electrons. The third kappa shape index (κ3) is 11.5. The first-order valence-electron chi connectivity index (χ1n) is 5.00. The molecule has 0 N–H and O–H groups in total. The van der Waals surface area contributed by atoms with E-state index in [1.54, 1.807) is 0 Å². The first-order valence-corrected chi connectivity index (χ1v) is 5.00. The average molecular weight is 184 g/mol. The van der Waals surface area contributed by atoms with Crippen molar-refractivity contribution >= 4 is 0 Å². The van der Waals surface area contributed by atoms with Crippen molar-refractivity contribution in [3.63, 3.8) is 0 Å². The molecule has 13 heavy (non-hydrogen) atoms. The van der Waals surface area contributed by atoms with Gasteiger partial charge >= 0.3 is 0 Å². The molecule has 0 radical (unpaired) electrons. The Morgan fingerprint density at radius 3 is 2.31 bits per heavy atom. The Kier molecular flexibility index (Phi) is 11.0. The summed E-state index contributed by atoms with van der Waals surface area (Å²) in [6.07, 6.45) is 9.16. The van der Waals surface area contributed by atoms with Gasteiger partial charge in [0, 0.05) is 19.6 Å². The minimum atomic E-state index is 0.704. The summed E-state index contributed by atoms with van der Waals surface area (Å²) in [5.41, 5.74) is 0. The van der Waals surface area contributed by atoms with E-state index >= 15 is 0 Å². The van der Waals surface area contributed by atoms with Gasteiger partial charge in [0.1, 0.15) is 0 Å². The predicted octanol–water partition coefficient (Wildman–Crippen LogP) is 2.23. The molecule has 0 amide bonds. The van der Waals surface area contributed by atoms with Crippen molar-refractivity contribution in [1.82, 2.24) is 0 Å². The molecule has 0 rings (SSSR count). The Labute approximate surface area is 81.6 Å². The van der Waals surface area contributed by atoms with Crippen LogP contribution in [0.5, 0.6) is 0 Å². The van der Waals surface area contributed by atoms with E-state index in [0.29, 0.717) is 13.2 Å². The molecule has 0 aliphatic rings. The lowest BCUT2D eigenvalue weighted by molar-refractivity contribution is 0.0468. The fourth-order valence-corrected chi connectivity index (χ4v) is 0.897. The van der Waals surface area contributed by atoms with Crippen molar-refractivity contribution in [2.45, 2.75) is 32.6 Å². The van der Waals surface area contributed by atoms with Gasteiger partial charge in [-0.15, -0.1) is 12.3 Å². The van der Waals surface area contributed by atoms with E-state index < -0.39 is 0 Å². The first kappa shape index (κ1) is 12.5. The Morgan fingerprint density at radius 1 is 1.00 bits per heavy atom. The largest absolute Gasteiger partial charge is 0.379 e. The second kappa shape index (κ2) is 11.5. The Morgan fingerprint density at radius 2 is 1.69 bits per heavy atom. The van der Waals surface area contributed by atoms with Gasteiger partial charge in [-0.2, -0.15) is 0 Å². The molecule has 0 bridgehead atoms. The minimum Gasteiger partial charge on any atom is -0.379 e. The van der Waals surface area contributed by atoms with Crippen LogP contribution in [0.4, 0.5) is 0 Å². The van der Waals surface area contributed by atoms with Gasteiger partial charge in [-0.05, 0) is 19.3 Å². The highest BCUT2D eigenvalue weighted by Crippen LogP contribution is 1.93. The zero-order chi connectivity index (χ0) is 9.78. The highest BCUT2D eigenvalue weighted by atomic mass is 16.5. The first-order chi connectivity index (χ1) is 6.41. The van der Waals surface area contributed by atoms with Crippen LogP contribution in [0, 0.1) is 12.3 Å². The number of hydrogen-bond donors (Lipinski definition) is 0. The quantitative estimate of drug-likeness (QED) is 0.404. The van der Waals surface area contributed by atoms with Crippen LogP contribution >= 0.6 is 0 Å². The lowest BCUT2D eigenvalue weighted by Crippen LogP contribution is -2.05. The number of ether oxygens (including phenoxy) is 2. The number of unbranched alkanes of at least 4 members (excludes halogenated alkanes) is 2. The summed E-state index contributed by atoms with van der Waals surface area (Å²) >= 11 is 0. The Bertz CT molecular complexity index is 127. The molecule has 0 heterocycles. The normalized spacial score (nSPS) is 9.85. The maximum Gasteiger partial charge on any atom is 0.0700 e. The molecular weight excluding hydrogens is 164 g/mol. The molecule has 0 aromatic rings. The minimum absolute atomic E-state index is 0.704. The SMILES string of the molecule is C#CCCCCOCCOCCC. The zero-order valence-electron chi connectivity index (χ0n) is 8.55. The van der Waals surface area contributed by atoms with Gasteiger partial charge in [-0.3, -0.25) is 0 Å². The zero-order valence-corrected chi connectivity index (χ0v) is 8.55. The summed E-state index contributed by atoms with van der Waals surface area (Å²) < 4.78 is 10.6. The molecule has 0 spiro atoms. The lowest BCUT2D eigenvalue weighted by atomic mass is 10.2. The van der Waals surface area contributed by atoms with Crippen molar-refractivity contribution < 1.29 is 9.47 Å². The predicted molar refractivity (Wildman–Crippen MR) is 54.6 cm³/mol. The molecule has 0 atom stereocenters. The molecule has 0 aromatic carbocycles. The molecule has 0 saturated heterocycles. The molecular formula is C11H20O2. The fourth-order valence-electron chi connectivity index (χ4n) is 0.897. The van der Waals surface area contributed by atoms with Crippen LogP contribution in [0.2, 0.25) is 0 Å². The molecule has 2 nitrogen and oxygen atoms in total. The molecule has 0 fully saturated rings. The van der Waals surface area contributed by atoms with Gasteiger partial charge in [0.15, 0.2) is 0 Å². The van der Waals surface area contributed by atoms with Crippen molar-refractivity contribution in [3.8, 4) is 12.3 Å². The van der Waals surface area contributed by atoms with Crippen LogP contribution in [-0.4, -0.2) is 26.4 Å². The van der Waals surface area contributed by atoms with Crippen LogP contribution in [0.15, 0.2) is 0 Å². The van der Waals surface area contributed by atoms with Crippen molar-refractivity contribution in [2.24, 2.45) is 0 Å². The van der Waals surface area contributed by atoms with Crippen molar-refractivity contribution in [2.75, 3.05) is 26.4 Å². The van der Waals surface area contributed by atoms with Crippen molar-refractivity contribution in [1.29, 1.82) is 0 Å². The van der Waals surface area contributed by atoms with Crippen LogP contribution < -0.4 is 0 Å². The summed E-state index contributed by atoms with van der Waals surface area (Å²) in [7, 11) is 0. The molecule has 2 heteroatoms. The second-order valence-corrected chi connectivity index (χ2v) is 2.89. The fraction of sp³-hybridized carbons (Fsp3) is 0.818. The Hall–Kier alpha value is -0.520. The maximum absolute atomic E-state index is 5.33. The third-order valence-electron chi connectivity index (χ3n) is 1.58. The summed E-state index contributed by atoms with van der Waals surface area (Å²) in [6.45, 7) is 5.15. The van der Waals surface area contributed by atoms with Gasteiger partial charge in [-0.1, -0.05) is 6.92 Å². The van der Waals surface area contributed by atoms with Crippen molar-refractivity contribution in [3.05, 3.63) is 0 Å². The van der Waals surface area contributed by atoms with Gasteiger partial charge in [0.25, 0.3) is 0 Å². The smallest absolute Gasteiger partial charge is 0.0700 e. The second-order valence-electron chi connectivity index (χ2n) is 2.89. The molecule has 0 aromatic heterocycles. The van der Waals surface area contributed by atoms with E-state index in [2.05, 4.69) is 12.8 Å². The summed E-state index contributed by atoms with van der Waals surface area (Å²) in [4.78, 5) is 0. The monoisotopic (exact) mass is 184 g/mol. The number of hydrogen-bond acceptors (Lipinski definition) is 2. The summed E-state index contributed by atoms with van der Waals surface area (Å²) in [5, 5.41) is 0. The lowest BCUT2D eigenvalue weighted by Gasteiger charge is -2.03. The van der Waals surface area contributed by atoms with Gasteiger partial charge in [0.05, 0.1) is 13.2 Å². The van der Waals surface area contributed by atoms with E-state index in [0.717, 1.165) is 38.9 Å². The third-order valence-corrected chi connectivity index (χ3v) is 1.58. The van der Waals surface area contributed by atoms with Crippen LogP contribution in [0.1, 0.15) is 32.6 Å². The van der Waals surface area contributed by atoms with E-state index in [1.807, 2.05) is 0 Å². The maximum atomic E-state index is 5.33.